The number of amides is 2. The van der Waals surface area contributed by atoms with Crippen molar-refractivity contribution >= 4 is 11.8 Å². The molecule has 0 aliphatic carbocycles. The van der Waals surface area contributed by atoms with Crippen molar-refractivity contribution in [2.45, 2.75) is 51.7 Å². The van der Waals surface area contributed by atoms with Gasteiger partial charge in [0.15, 0.2) is 0 Å². The molecule has 30 heavy (non-hydrogen) atoms. The van der Waals surface area contributed by atoms with E-state index in [0.717, 1.165) is 29.8 Å². The first kappa shape index (κ1) is 21.8. The van der Waals surface area contributed by atoms with Gasteiger partial charge in [-0.15, -0.1) is 5.10 Å². The summed E-state index contributed by atoms with van der Waals surface area (Å²) in [7, 11) is 5.14. The maximum atomic E-state index is 12.4. The average Bonchev–Trinajstić information content (AvgIpc) is 3.36. The highest BCUT2D eigenvalue weighted by molar-refractivity contribution is 5.90. The second kappa shape index (κ2) is 9.24. The Labute approximate surface area is 175 Å². The number of rotatable bonds is 8. The van der Waals surface area contributed by atoms with Crippen LogP contribution in [0.4, 0.5) is 0 Å². The zero-order valence-electron chi connectivity index (χ0n) is 18.2. The number of methoxy groups -OCH3 is 1. The van der Waals surface area contributed by atoms with E-state index >= 15 is 0 Å². The van der Waals surface area contributed by atoms with Gasteiger partial charge in [-0.2, -0.15) is 10.1 Å². The van der Waals surface area contributed by atoms with Gasteiger partial charge in [0.2, 0.25) is 11.7 Å². The second-order valence-corrected chi connectivity index (χ2v) is 7.70. The van der Waals surface area contributed by atoms with Crippen molar-refractivity contribution in [3.63, 3.8) is 0 Å². The monoisotopic (exact) mass is 418 g/mol. The van der Waals surface area contributed by atoms with Crippen molar-refractivity contribution in [1.82, 2.24) is 40.5 Å². The maximum absolute atomic E-state index is 12.4. The molecule has 2 atom stereocenters. The number of ether oxygens (including phenoxy) is 1. The number of nitrogens with one attached hydrogen (secondary N) is 3. The molecule has 3 heterocycles. The van der Waals surface area contributed by atoms with E-state index in [2.05, 4.69) is 35.8 Å². The standard InChI is InChI=1S/C19H30N8O3/c1-11-15(12(2)24-23-11)10-20-16(28)8-13-6-7-14(26(13)3)9-21-18(29)17-22-19(30-5)27(4)25-17/h13-14H,6-10H2,1-5H3,(H,20,28)(H,21,29)(H,23,24)/t13-,14+/m1/s1. The van der Waals surface area contributed by atoms with Crippen LogP contribution < -0.4 is 15.4 Å². The molecular weight excluding hydrogens is 388 g/mol. The third-order valence-corrected chi connectivity index (χ3v) is 5.76. The molecule has 3 rings (SSSR count). The van der Waals surface area contributed by atoms with Crippen LogP contribution in [0.25, 0.3) is 0 Å². The van der Waals surface area contributed by atoms with Crippen molar-refractivity contribution in [2.75, 3.05) is 20.7 Å². The van der Waals surface area contributed by atoms with Crippen LogP contribution in [0.1, 0.15) is 46.8 Å². The number of carbonyl (C=O) groups excluding carboxylic acids is 2. The number of aryl methyl sites for hydroxylation is 3. The highest BCUT2D eigenvalue weighted by Crippen LogP contribution is 2.24. The zero-order valence-corrected chi connectivity index (χ0v) is 18.2. The Kier molecular flexibility index (Phi) is 6.70. The van der Waals surface area contributed by atoms with Gasteiger partial charge in [0.25, 0.3) is 5.91 Å². The van der Waals surface area contributed by atoms with E-state index in [1.165, 1.54) is 11.8 Å². The zero-order chi connectivity index (χ0) is 21.8. The van der Waals surface area contributed by atoms with Crippen LogP contribution >= 0.6 is 0 Å². The number of hydrogen-bond donors (Lipinski definition) is 3. The first-order valence-corrected chi connectivity index (χ1v) is 10.0. The largest absolute Gasteiger partial charge is 0.467 e. The molecule has 0 radical (unpaired) electrons. The lowest BCUT2D eigenvalue weighted by atomic mass is 10.1. The number of likely N-dealkylation sites (N-methyl/N-ethyl adjacent to an activating group) is 1. The van der Waals surface area contributed by atoms with E-state index in [0.29, 0.717) is 19.5 Å². The topological polar surface area (TPSA) is 130 Å². The minimum atomic E-state index is -0.339. The van der Waals surface area contributed by atoms with Crippen LogP contribution in [0.2, 0.25) is 0 Å². The summed E-state index contributed by atoms with van der Waals surface area (Å²) in [6.45, 7) is 4.82. The molecule has 2 amide bonds. The molecule has 11 nitrogen and oxygen atoms in total. The summed E-state index contributed by atoms with van der Waals surface area (Å²) in [5.74, 6) is -0.244. The van der Waals surface area contributed by atoms with Gasteiger partial charge >= 0.3 is 6.01 Å². The molecule has 11 heteroatoms. The molecule has 1 aliphatic rings. The Morgan fingerprint density at radius 1 is 1.20 bits per heavy atom. The van der Waals surface area contributed by atoms with Gasteiger partial charge in [-0.05, 0) is 33.7 Å². The van der Waals surface area contributed by atoms with E-state index in [-0.39, 0.29) is 35.7 Å². The molecule has 1 fully saturated rings. The summed E-state index contributed by atoms with van der Waals surface area (Å²) >= 11 is 0. The highest BCUT2D eigenvalue weighted by Gasteiger charge is 2.32. The Bertz CT molecular complexity index is 886. The van der Waals surface area contributed by atoms with E-state index in [4.69, 9.17) is 4.74 Å². The van der Waals surface area contributed by atoms with Crippen LogP contribution in [0, 0.1) is 13.8 Å². The lowest BCUT2D eigenvalue weighted by molar-refractivity contribution is -0.122. The lowest BCUT2D eigenvalue weighted by Crippen LogP contribution is -2.42. The van der Waals surface area contributed by atoms with Crippen molar-refractivity contribution in [1.29, 1.82) is 0 Å². The van der Waals surface area contributed by atoms with Gasteiger partial charge in [0, 0.05) is 49.9 Å². The third kappa shape index (κ3) is 4.78. The fourth-order valence-electron chi connectivity index (χ4n) is 3.82. The van der Waals surface area contributed by atoms with Gasteiger partial charge in [-0.25, -0.2) is 4.68 Å². The van der Waals surface area contributed by atoms with Crippen molar-refractivity contribution in [2.24, 2.45) is 7.05 Å². The van der Waals surface area contributed by atoms with Crippen LogP contribution in [-0.2, 0) is 18.4 Å². The van der Waals surface area contributed by atoms with Crippen molar-refractivity contribution in [3.05, 3.63) is 22.8 Å². The molecule has 0 bridgehead atoms. The fourth-order valence-corrected chi connectivity index (χ4v) is 3.82. The summed E-state index contributed by atoms with van der Waals surface area (Å²) in [5.41, 5.74) is 2.91. The first-order valence-electron chi connectivity index (χ1n) is 10.0. The SMILES string of the molecule is COc1nc(C(=O)NC[C@@H]2CC[C@H](CC(=O)NCc3c(C)n[nH]c3C)N2C)nn1C. The number of aromatic nitrogens is 5. The molecule has 3 N–H and O–H groups in total. The van der Waals surface area contributed by atoms with Gasteiger partial charge in [0.05, 0.1) is 12.8 Å². The minimum absolute atomic E-state index is 0.0151. The number of hydrogen-bond acceptors (Lipinski definition) is 7. The molecule has 1 aliphatic heterocycles. The molecule has 0 unspecified atom stereocenters. The Morgan fingerprint density at radius 2 is 1.93 bits per heavy atom. The average molecular weight is 419 g/mol. The van der Waals surface area contributed by atoms with Crippen molar-refractivity contribution < 1.29 is 14.3 Å². The maximum Gasteiger partial charge on any atom is 0.314 e. The van der Waals surface area contributed by atoms with Crippen molar-refractivity contribution in [3.8, 4) is 6.01 Å². The van der Waals surface area contributed by atoms with Crippen LogP contribution in [0.5, 0.6) is 6.01 Å². The predicted molar refractivity (Wildman–Crippen MR) is 109 cm³/mol. The molecule has 2 aromatic rings. The molecule has 0 spiro atoms. The second-order valence-electron chi connectivity index (χ2n) is 7.70. The number of nitrogens with zero attached hydrogens (tertiary/aromatic N) is 5. The summed E-state index contributed by atoms with van der Waals surface area (Å²) in [6.07, 6.45) is 2.24. The quantitative estimate of drug-likeness (QED) is 0.553. The van der Waals surface area contributed by atoms with Crippen LogP contribution in [-0.4, -0.2) is 74.5 Å². The van der Waals surface area contributed by atoms with Gasteiger partial charge in [0.1, 0.15) is 0 Å². The molecule has 0 saturated carbocycles. The molecule has 0 aromatic carbocycles. The van der Waals surface area contributed by atoms with Gasteiger partial charge < -0.3 is 15.4 Å². The summed E-state index contributed by atoms with van der Waals surface area (Å²) in [4.78, 5) is 30.9. The highest BCUT2D eigenvalue weighted by atomic mass is 16.5. The molecule has 2 aromatic heterocycles. The Hall–Kier alpha value is -2.95. The Morgan fingerprint density at radius 3 is 2.57 bits per heavy atom. The first-order chi connectivity index (χ1) is 14.3. The molecular formula is C19H30N8O3. The normalized spacial score (nSPS) is 19.1. The molecule has 164 valence electrons. The van der Waals surface area contributed by atoms with E-state index < -0.39 is 0 Å². The van der Waals surface area contributed by atoms with Crippen LogP contribution in [0.15, 0.2) is 0 Å². The number of H-pyrrole nitrogens is 1. The predicted octanol–water partition coefficient (Wildman–Crippen LogP) is 0.0627. The van der Waals surface area contributed by atoms with E-state index in [1.54, 1.807) is 7.05 Å². The minimum Gasteiger partial charge on any atom is -0.467 e. The molecule has 1 saturated heterocycles. The van der Waals surface area contributed by atoms with Crippen LogP contribution in [0.3, 0.4) is 0 Å². The summed E-state index contributed by atoms with van der Waals surface area (Å²) < 4.78 is 6.45. The van der Waals surface area contributed by atoms with E-state index in [1.807, 2.05) is 20.9 Å². The number of carbonyl (C=O) groups is 2. The fraction of sp³-hybridized carbons (Fsp3) is 0.632. The van der Waals surface area contributed by atoms with Gasteiger partial charge in [-0.3, -0.25) is 19.6 Å². The summed E-state index contributed by atoms with van der Waals surface area (Å²) in [6, 6.07) is 0.590. The number of aromatic amines is 1. The summed E-state index contributed by atoms with van der Waals surface area (Å²) in [5, 5.41) is 17.0. The number of likely N-dealkylation sites (tertiary alicyclic amines) is 1. The van der Waals surface area contributed by atoms with E-state index in [9.17, 15) is 9.59 Å². The third-order valence-electron chi connectivity index (χ3n) is 5.76. The lowest BCUT2D eigenvalue weighted by Gasteiger charge is -2.25. The van der Waals surface area contributed by atoms with Gasteiger partial charge in [-0.1, -0.05) is 0 Å². The smallest absolute Gasteiger partial charge is 0.314 e. The Balaban J connectivity index is 1.45.